The first-order valence-electron chi connectivity index (χ1n) is 15.4. The fourth-order valence-electron chi connectivity index (χ4n) is 6.14. The van der Waals surface area contributed by atoms with Crippen LogP contribution in [0, 0.1) is 11.8 Å². The lowest BCUT2D eigenvalue weighted by atomic mass is 9.81. The van der Waals surface area contributed by atoms with Crippen molar-refractivity contribution in [1.82, 2.24) is 20.5 Å². The fraction of sp³-hybridized carbons (Fsp3) is 0.394. The summed E-state index contributed by atoms with van der Waals surface area (Å²) in [5, 5.41) is 11.9. The predicted molar refractivity (Wildman–Crippen MR) is 170 cm³/mol. The Labute approximate surface area is 255 Å². The molecule has 0 unspecified atom stereocenters. The van der Waals surface area contributed by atoms with Crippen LogP contribution in [0.1, 0.15) is 31.2 Å². The number of carbonyl (C=O) groups excluding carboxylic acids is 2. The highest BCUT2D eigenvalue weighted by Crippen LogP contribution is 2.29. The summed E-state index contributed by atoms with van der Waals surface area (Å²) in [5.41, 5.74) is 9.77. The maximum atomic E-state index is 13.6. The molecule has 1 saturated heterocycles. The minimum absolute atomic E-state index is 0.102. The molecule has 230 valence electrons. The molecule has 1 aliphatic carbocycles. The lowest BCUT2D eigenvalue weighted by molar-refractivity contribution is -0.130. The zero-order chi connectivity index (χ0) is 30.5. The number of hydrogen-bond acceptors (Lipinski definition) is 7. The second-order valence-corrected chi connectivity index (χ2v) is 11.7. The highest BCUT2D eigenvalue weighted by atomic mass is 16.5. The molecule has 1 aliphatic heterocycles. The summed E-state index contributed by atoms with van der Waals surface area (Å²) in [6, 6.07) is 16.4. The van der Waals surface area contributed by atoms with Crippen LogP contribution in [0.5, 0.6) is 0 Å². The molecule has 11 nitrogen and oxygen atoms in total. The number of carbonyl (C=O) groups is 2. The molecular weight excluding hydrogens is 558 g/mol. The van der Waals surface area contributed by atoms with Crippen LogP contribution >= 0.6 is 0 Å². The van der Waals surface area contributed by atoms with E-state index in [4.69, 9.17) is 10.5 Å². The first kappa shape index (κ1) is 29.6. The van der Waals surface area contributed by atoms with Gasteiger partial charge in [-0.25, -0.2) is 4.98 Å². The molecule has 6 rings (SSSR count). The fourth-order valence-corrected chi connectivity index (χ4v) is 6.14. The van der Waals surface area contributed by atoms with E-state index in [0.29, 0.717) is 48.7 Å². The van der Waals surface area contributed by atoms with Crippen molar-refractivity contribution in [2.75, 3.05) is 43.1 Å². The van der Waals surface area contributed by atoms with Gasteiger partial charge in [-0.3, -0.25) is 24.6 Å². The summed E-state index contributed by atoms with van der Waals surface area (Å²) in [5.74, 6) is 0.826. The molecule has 2 aromatic heterocycles. The van der Waals surface area contributed by atoms with E-state index < -0.39 is 6.04 Å². The zero-order valence-electron chi connectivity index (χ0n) is 24.7. The quantitative estimate of drug-likeness (QED) is 0.198. The van der Waals surface area contributed by atoms with Gasteiger partial charge in [0, 0.05) is 37.3 Å². The molecule has 0 spiro atoms. The van der Waals surface area contributed by atoms with Crippen LogP contribution in [0.3, 0.4) is 0 Å². The van der Waals surface area contributed by atoms with Crippen molar-refractivity contribution in [1.29, 1.82) is 0 Å². The molecule has 1 saturated carbocycles. The van der Waals surface area contributed by atoms with Crippen LogP contribution in [0.25, 0.3) is 22.0 Å². The Morgan fingerprint density at radius 2 is 1.75 bits per heavy atom. The molecule has 4 aromatic rings. The largest absolute Gasteiger partial charge is 0.378 e. The van der Waals surface area contributed by atoms with Crippen molar-refractivity contribution in [3.05, 3.63) is 76.7 Å². The van der Waals surface area contributed by atoms with E-state index in [2.05, 4.69) is 36.8 Å². The van der Waals surface area contributed by atoms with Gasteiger partial charge in [-0.05, 0) is 85.2 Å². The first-order valence-corrected chi connectivity index (χ1v) is 15.4. The van der Waals surface area contributed by atoms with Gasteiger partial charge in [-0.2, -0.15) is 0 Å². The van der Waals surface area contributed by atoms with E-state index >= 15 is 0 Å². The first-order chi connectivity index (χ1) is 21.5. The minimum Gasteiger partial charge on any atom is -0.378 e. The van der Waals surface area contributed by atoms with Crippen LogP contribution in [0.15, 0.2) is 65.6 Å². The average Bonchev–Trinajstić information content (AvgIpc) is 3.44. The molecule has 2 amide bonds. The number of H-pyrrole nitrogens is 2. The lowest BCUT2D eigenvalue weighted by Crippen LogP contribution is -2.48. The Bertz CT molecular complexity index is 1650. The van der Waals surface area contributed by atoms with Gasteiger partial charge in [0.15, 0.2) is 0 Å². The number of ether oxygens (including phenoxy) is 1. The molecule has 6 N–H and O–H groups in total. The molecule has 1 atom stereocenters. The Balaban J connectivity index is 1.18. The summed E-state index contributed by atoms with van der Waals surface area (Å²) >= 11 is 0. The van der Waals surface area contributed by atoms with E-state index in [0.717, 1.165) is 61.3 Å². The van der Waals surface area contributed by atoms with E-state index in [-0.39, 0.29) is 23.3 Å². The van der Waals surface area contributed by atoms with Crippen LogP contribution in [-0.2, 0) is 20.7 Å². The number of nitrogens with zero attached hydrogens (tertiary/aromatic N) is 2. The number of amides is 2. The van der Waals surface area contributed by atoms with Gasteiger partial charge in [0.25, 0.3) is 5.56 Å². The number of rotatable bonds is 9. The molecule has 11 heteroatoms. The lowest BCUT2D eigenvalue weighted by Gasteiger charge is -2.28. The zero-order valence-corrected chi connectivity index (χ0v) is 24.7. The molecule has 0 radical (unpaired) electrons. The standard InChI is InChI=1S/C33H39N7O4/c34-20-22-3-7-24(8-4-22)31(41)37-29(33(43)36-26-9-10-27-28(19-26)38-39-32(27)42)17-21-1-5-23(6-2-21)25-11-12-35-30(18-25)40-13-15-44-16-14-40/h1-2,5-6,9-12,18-19,22,24,29H,3-4,7-8,13-17,20,34H2,(H,36,43)(H,37,41)(H2,38,39,42)/t22?,24?,29-/m0/s1. The number of aromatic amines is 2. The molecule has 0 bridgehead atoms. The minimum atomic E-state index is -0.782. The SMILES string of the molecule is NCC1CCC(C(=O)N[C@@H](Cc2ccc(-c3ccnc(N4CCOCC4)c3)cc2)C(=O)Nc2ccc3c(=O)[nH][nH]c3c2)CC1. The summed E-state index contributed by atoms with van der Waals surface area (Å²) < 4.78 is 5.47. The second kappa shape index (κ2) is 13.4. The smallest absolute Gasteiger partial charge is 0.271 e. The van der Waals surface area contributed by atoms with Gasteiger partial charge >= 0.3 is 0 Å². The van der Waals surface area contributed by atoms with Crippen molar-refractivity contribution >= 4 is 34.2 Å². The van der Waals surface area contributed by atoms with Crippen LogP contribution in [0.4, 0.5) is 11.5 Å². The van der Waals surface area contributed by atoms with Gasteiger partial charge in [-0.15, -0.1) is 0 Å². The van der Waals surface area contributed by atoms with Crippen LogP contribution in [0.2, 0.25) is 0 Å². The summed E-state index contributed by atoms with van der Waals surface area (Å²) in [6.45, 7) is 3.66. The number of nitrogens with one attached hydrogen (secondary N) is 4. The summed E-state index contributed by atoms with van der Waals surface area (Å²) in [6.07, 6.45) is 5.54. The number of aromatic nitrogens is 3. The van der Waals surface area contributed by atoms with Gasteiger partial charge in [-0.1, -0.05) is 24.3 Å². The van der Waals surface area contributed by atoms with Gasteiger partial charge in [0.2, 0.25) is 11.8 Å². The Morgan fingerprint density at radius 1 is 0.977 bits per heavy atom. The highest BCUT2D eigenvalue weighted by Gasteiger charge is 2.29. The second-order valence-electron chi connectivity index (χ2n) is 11.7. The molecule has 44 heavy (non-hydrogen) atoms. The summed E-state index contributed by atoms with van der Waals surface area (Å²) in [4.78, 5) is 45.6. The Morgan fingerprint density at radius 3 is 2.50 bits per heavy atom. The summed E-state index contributed by atoms with van der Waals surface area (Å²) in [7, 11) is 0. The molecule has 2 fully saturated rings. The van der Waals surface area contributed by atoms with Gasteiger partial charge in [0.1, 0.15) is 11.9 Å². The highest BCUT2D eigenvalue weighted by molar-refractivity contribution is 5.99. The molecule has 2 aromatic carbocycles. The van der Waals surface area contributed by atoms with E-state index in [1.54, 1.807) is 18.2 Å². The Hall–Kier alpha value is -4.48. The number of pyridine rings is 1. The molecule has 3 heterocycles. The monoisotopic (exact) mass is 597 g/mol. The number of morpholine rings is 1. The van der Waals surface area contributed by atoms with Crippen molar-refractivity contribution in [2.24, 2.45) is 17.6 Å². The Kier molecular flexibility index (Phi) is 9.04. The van der Waals surface area contributed by atoms with Gasteiger partial charge in [0.05, 0.1) is 24.1 Å². The third-order valence-corrected chi connectivity index (χ3v) is 8.83. The predicted octanol–water partition coefficient (Wildman–Crippen LogP) is 3.19. The van der Waals surface area contributed by atoms with Crippen LogP contribution in [-0.4, -0.2) is 65.9 Å². The maximum Gasteiger partial charge on any atom is 0.271 e. The average molecular weight is 598 g/mol. The number of benzene rings is 2. The van der Waals surface area contributed by atoms with Gasteiger partial charge < -0.3 is 26.0 Å². The molecular formula is C33H39N7O4. The third kappa shape index (κ3) is 6.84. The van der Waals surface area contributed by atoms with Crippen molar-refractivity contribution < 1.29 is 14.3 Å². The van der Waals surface area contributed by atoms with Crippen molar-refractivity contribution in [2.45, 2.75) is 38.1 Å². The number of fused-ring (bicyclic) bond motifs is 1. The number of nitrogens with two attached hydrogens (primary N) is 1. The van der Waals surface area contributed by atoms with Crippen molar-refractivity contribution in [3.8, 4) is 11.1 Å². The van der Waals surface area contributed by atoms with Crippen LogP contribution < -0.4 is 26.8 Å². The number of hydrogen-bond donors (Lipinski definition) is 5. The third-order valence-electron chi connectivity index (χ3n) is 8.83. The van der Waals surface area contributed by atoms with E-state index in [9.17, 15) is 14.4 Å². The van der Waals surface area contributed by atoms with Crippen molar-refractivity contribution in [3.63, 3.8) is 0 Å². The van der Waals surface area contributed by atoms with E-state index in [1.165, 1.54) is 0 Å². The normalized spacial score (nSPS) is 19.4. The molecule has 2 aliphatic rings. The van der Waals surface area contributed by atoms with E-state index in [1.807, 2.05) is 36.5 Å². The maximum absolute atomic E-state index is 13.6. The number of anilines is 2. The topological polar surface area (TPSA) is 158 Å².